The molecule has 0 spiro atoms. The van der Waals surface area contributed by atoms with Crippen LogP contribution in [0.4, 0.5) is 14.7 Å². The maximum Gasteiger partial charge on any atom is 0.387 e. The zero-order chi connectivity index (χ0) is 16.9. The van der Waals surface area contributed by atoms with Crippen LogP contribution in [0.2, 0.25) is 0 Å². The number of imidazole rings is 1. The second-order valence-electron chi connectivity index (χ2n) is 5.03. The molecule has 1 aromatic heterocycles. The van der Waals surface area contributed by atoms with Crippen LogP contribution in [0.15, 0.2) is 53.6 Å². The first-order valence-electron chi connectivity index (χ1n) is 7.48. The number of hydrazone groups is 1. The molecule has 0 aliphatic heterocycles. The van der Waals surface area contributed by atoms with E-state index in [0.29, 0.717) is 12.4 Å². The largest absolute Gasteiger partial charge is 0.435 e. The number of ether oxygens (including phenoxy) is 1. The molecule has 5 nitrogen and oxygen atoms in total. The van der Waals surface area contributed by atoms with Crippen LogP contribution < -0.4 is 10.2 Å². The van der Waals surface area contributed by atoms with E-state index < -0.39 is 6.61 Å². The van der Waals surface area contributed by atoms with E-state index >= 15 is 0 Å². The van der Waals surface area contributed by atoms with Crippen molar-refractivity contribution >= 4 is 22.7 Å². The highest BCUT2D eigenvalue weighted by Crippen LogP contribution is 2.17. The first-order valence-corrected chi connectivity index (χ1v) is 7.48. The number of anilines is 1. The molecule has 3 aromatic rings. The van der Waals surface area contributed by atoms with Crippen LogP contribution in [0.5, 0.6) is 5.75 Å². The van der Waals surface area contributed by atoms with Gasteiger partial charge in [-0.15, -0.1) is 0 Å². The van der Waals surface area contributed by atoms with Gasteiger partial charge in [0.25, 0.3) is 0 Å². The lowest BCUT2D eigenvalue weighted by Crippen LogP contribution is -2.05. The Morgan fingerprint density at radius 3 is 2.62 bits per heavy atom. The van der Waals surface area contributed by atoms with E-state index in [-0.39, 0.29) is 5.75 Å². The Balaban J connectivity index is 1.76. The number of aromatic nitrogens is 2. The van der Waals surface area contributed by atoms with Gasteiger partial charge in [0.2, 0.25) is 5.95 Å². The summed E-state index contributed by atoms with van der Waals surface area (Å²) in [6.45, 7) is -0.868. The van der Waals surface area contributed by atoms with Crippen molar-refractivity contribution in [2.24, 2.45) is 5.10 Å². The monoisotopic (exact) mass is 330 g/mol. The lowest BCUT2D eigenvalue weighted by molar-refractivity contribution is -0.0498. The Bertz CT molecular complexity index is 810. The number of H-pyrrole nitrogens is 1. The SMILES string of the molecule is CC/C(=N/Nc1nc2ccccc2[nH]1)c1ccc(OC(F)F)cc1. The highest BCUT2D eigenvalue weighted by atomic mass is 19.3. The Labute approximate surface area is 137 Å². The molecule has 0 aliphatic carbocycles. The van der Waals surface area contributed by atoms with E-state index in [2.05, 4.69) is 25.2 Å². The van der Waals surface area contributed by atoms with Crippen molar-refractivity contribution in [3.05, 3.63) is 54.1 Å². The van der Waals surface area contributed by atoms with E-state index in [4.69, 9.17) is 0 Å². The predicted octanol–water partition coefficient (Wildman–Crippen LogP) is 4.39. The molecular formula is C17H16F2N4O. The summed E-state index contributed by atoms with van der Waals surface area (Å²) in [5.41, 5.74) is 6.27. The van der Waals surface area contributed by atoms with Crippen LogP contribution in [-0.4, -0.2) is 22.3 Å². The molecule has 7 heteroatoms. The topological polar surface area (TPSA) is 62.3 Å². The summed E-state index contributed by atoms with van der Waals surface area (Å²) in [6, 6.07) is 14.1. The standard InChI is InChI=1S/C17H16F2N4O/c1-2-13(11-7-9-12(10-8-11)24-16(18)19)22-23-17-20-14-5-3-4-6-15(14)21-17/h3-10,16H,2H2,1H3,(H2,20,21,23)/b22-13-. The molecule has 0 atom stereocenters. The molecule has 0 bridgehead atoms. The third kappa shape index (κ3) is 3.68. The number of halogens is 2. The summed E-state index contributed by atoms with van der Waals surface area (Å²) in [5, 5.41) is 4.35. The van der Waals surface area contributed by atoms with E-state index in [0.717, 1.165) is 22.3 Å². The number of nitrogens with one attached hydrogen (secondary N) is 2. The van der Waals surface area contributed by atoms with Gasteiger partial charge in [-0.05, 0) is 48.4 Å². The van der Waals surface area contributed by atoms with E-state index in [1.54, 1.807) is 12.1 Å². The molecule has 3 rings (SSSR count). The lowest BCUT2D eigenvalue weighted by Gasteiger charge is -2.07. The van der Waals surface area contributed by atoms with Crippen LogP contribution in [0, 0.1) is 0 Å². The third-order valence-electron chi connectivity index (χ3n) is 3.43. The molecule has 1 heterocycles. The third-order valence-corrected chi connectivity index (χ3v) is 3.43. The fraction of sp³-hybridized carbons (Fsp3) is 0.176. The predicted molar refractivity (Wildman–Crippen MR) is 89.6 cm³/mol. The quantitative estimate of drug-likeness (QED) is 0.520. The maximum atomic E-state index is 12.2. The van der Waals surface area contributed by atoms with Gasteiger partial charge in [0, 0.05) is 0 Å². The molecule has 24 heavy (non-hydrogen) atoms. The number of aromatic amines is 1. The van der Waals surface area contributed by atoms with Gasteiger partial charge in [0.1, 0.15) is 5.75 Å². The van der Waals surface area contributed by atoms with Crippen LogP contribution in [-0.2, 0) is 0 Å². The molecule has 0 fully saturated rings. The van der Waals surface area contributed by atoms with Gasteiger partial charge in [-0.1, -0.05) is 19.1 Å². The summed E-state index contributed by atoms with van der Waals surface area (Å²) in [6.07, 6.45) is 0.669. The van der Waals surface area contributed by atoms with Crippen LogP contribution in [0.3, 0.4) is 0 Å². The molecule has 2 aromatic carbocycles. The molecule has 124 valence electrons. The smallest absolute Gasteiger partial charge is 0.387 e. The number of alkyl halides is 2. The summed E-state index contributed by atoms with van der Waals surface area (Å²) in [4.78, 5) is 7.51. The van der Waals surface area contributed by atoms with Crippen LogP contribution >= 0.6 is 0 Å². The highest BCUT2D eigenvalue weighted by molar-refractivity contribution is 6.00. The zero-order valence-electron chi connectivity index (χ0n) is 13.0. The second-order valence-corrected chi connectivity index (χ2v) is 5.03. The molecule has 0 unspecified atom stereocenters. The lowest BCUT2D eigenvalue weighted by atomic mass is 10.1. The molecule has 0 saturated heterocycles. The fourth-order valence-electron chi connectivity index (χ4n) is 2.30. The van der Waals surface area contributed by atoms with E-state index in [1.165, 1.54) is 12.1 Å². The van der Waals surface area contributed by atoms with Crippen LogP contribution in [0.1, 0.15) is 18.9 Å². The molecule has 0 radical (unpaired) electrons. The van der Waals surface area contributed by atoms with Crippen LogP contribution in [0.25, 0.3) is 11.0 Å². The number of para-hydroxylation sites is 2. The normalized spacial score (nSPS) is 11.9. The van der Waals surface area contributed by atoms with Crippen molar-refractivity contribution in [1.82, 2.24) is 9.97 Å². The number of hydrogen-bond acceptors (Lipinski definition) is 4. The van der Waals surface area contributed by atoms with Gasteiger partial charge in [0.15, 0.2) is 0 Å². The number of fused-ring (bicyclic) bond motifs is 1. The van der Waals surface area contributed by atoms with Crippen molar-refractivity contribution in [1.29, 1.82) is 0 Å². The van der Waals surface area contributed by atoms with Crippen molar-refractivity contribution in [3.8, 4) is 5.75 Å². The van der Waals surface area contributed by atoms with Crippen molar-refractivity contribution < 1.29 is 13.5 Å². The van der Waals surface area contributed by atoms with Gasteiger partial charge in [-0.25, -0.2) is 10.4 Å². The molecule has 0 saturated carbocycles. The first-order chi connectivity index (χ1) is 11.7. The average Bonchev–Trinajstić information content (AvgIpc) is 2.99. The van der Waals surface area contributed by atoms with Gasteiger partial charge in [-0.3, -0.25) is 0 Å². The summed E-state index contributed by atoms with van der Waals surface area (Å²) < 4.78 is 28.7. The molecule has 2 N–H and O–H groups in total. The van der Waals surface area contributed by atoms with Gasteiger partial charge in [-0.2, -0.15) is 13.9 Å². The minimum Gasteiger partial charge on any atom is -0.435 e. The average molecular weight is 330 g/mol. The number of benzene rings is 2. The maximum absolute atomic E-state index is 12.2. The fourth-order valence-corrected chi connectivity index (χ4v) is 2.30. The molecular weight excluding hydrogens is 314 g/mol. The Morgan fingerprint density at radius 1 is 1.21 bits per heavy atom. The second kappa shape index (κ2) is 7.08. The van der Waals surface area contributed by atoms with Crippen molar-refractivity contribution in [3.63, 3.8) is 0 Å². The van der Waals surface area contributed by atoms with Crippen molar-refractivity contribution in [2.75, 3.05) is 5.43 Å². The Kier molecular flexibility index (Phi) is 4.69. The molecule has 0 aliphatic rings. The minimum atomic E-state index is -2.83. The Morgan fingerprint density at radius 2 is 1.96 bits per heavy atom. The van der Waals surface area contributed by atoms with Gasteiger partial charge < -0.3 is 9.72 Å². The van der Waals surface area contributed by atoms with Crippen molar-refractivity contribution in [2.45, 2.75) is 20.0 Å². The van der Waals surface area contributed by atoms with E-state index in [1.807, 2.05) is 31.2 Å². The molecule has 0 amide bonds. The summed E-state index contributed by atoms with van der Waals surface area (Å²) >= 11 is 0. The number of hydrogen-bond donors (Lipinski definition) is 2. The Hall–Kier alpha value is -2.96. The summed E-state index contributed by atoms with van der Waals surface area (Å²) in [7, 11) is 0. The minimum absolute atomic E-state index is 0.120. The van der Waals surface area contributed by atoms with Gasteiger partial charge in [0.05, 0.1) is 16.7 Å². The summed E-state index contributed by atoms with van der Waals surface area (Å²) in [5.74, 6) is 0.661. The highest BCUT2D eigenvalue weighted by Gasteiger charge is 2.07. The zero-order valence-corrected chi connectivity index (χ0v) is 13.0. The first kappa shape index (κ1) is 15.9. The van der Waals surface area contributed by atoms with Gasteiger partial charge >= 0.3 is 6.61 Å². The number of nitrogens with zero attached hydrogens (tertiary/aromatic N) is 2. The van der Waals surface area contributed by atoms with E-state index in [9.17, 15) is 8.78 Å². The number of rotatable bonds is 6.